The average Bonchev–Trinajstić information content (AvgIpc) is 3.05. The van der Waals surface area contributed by atoms with Gasteiger partial charge in [0.05, 0.1) is 18.0 Å². The van der Waals surface area contributed by atoms with Crippen LogP contribution in [0.1, 0.15) is 19.5 Å². The fraction of sp³-hybridized carbons (Fsp3) is 0.250. The second kappa shape index (κ2) is 7.83. The minimum Gasteiger partial charge on any atom is -0.493 e. The van der Waals surface area contributed by atoms with Gasteiger partial charge in [-0.3, -0.25) is 0 Å². The Kier molecular flexibility index (Phi) is 5.53. The Morgan fingerprint density at radius 2 is 1.92 bits per heavy atom. The van der Waals surface area contributed by atoms with Gasteiger partial charge in [0.1, 0.15) is 17.3 Å². The molecule has 3 rings (SSSR count). The summed E-state index contributed by atoms with van der Waals surface area (Å²) in [4.78, 5) is 0. The summed E-state index contributed by atoms with van der Waals surface area (Å²) in [6.07, 6.45) is 0. The molecule has 2 aromatic carbocycles. The lowest BCUT2D eigenvalue weighted by Gasteiger charge is -2.11. The number of halogens is 2. The van der Waals surface area contributed by atoms with Crippen LogP contribution >= 0.6 is 15.9 Å². The predicted molar refractivity (Wildman–Crippen MR) is 102 cm³/mol. The largest absolute Gasteiger partial charge is 0.493 e. The summed E-state index contributed by atoms with van der Waals surface area (Å²) in [7, 11) is 0. The maximum absolute atomic E-state index is 14.3. The summed E-state index contributed by atoms with van der Waals surface area (Å²) >= 11 is 3.43. The molecule has 0 spiro atoms. The zero-order chi connectivity index (χ0) is 17.8. The molecular weight excluding hydrogens is 383 g/mol. The number of hydrogen-bond acceptors (Lipinski definition) is 2. The summed E-state index contributed by atoms with van der Waals surface area (Å²) in [5.41, 5.74) is 3.03. The normalized spacial score (nSPS) is 11.1. The number of nitrogens with zero attached hydrogens (tertiary/aromatic N) is 2. The third kappa shape index (κ3) is 4.10. The maximum Gasteiger partial charge on any atom is 0.148 e. The molecule has 0 bridgehead atoms. The van der Waals surface area contributed by atoms with Crippen molar-refractivity contribution in [1.29, 1.82) is 0 Å². The monoisotopic (exact) mass is 402 g/mol. The fourth-order valence-electron chi connectivity index (χ4n) is 2.52. The molecule has 3 aromatic rings. The average molecular weight is 403 g/mol. The molecule has 130 valence electrons. The second-order valence-corrected chi connectivity index (χ2v) is 6.81. The van der Waals surface area contributed by atoms with Crippen molar-refractivity contribution in [2.24, 2.45) is 5.92 Å². The first kappa shape index (κ1) is 17.7. The van der Waals surface area contributed by atoms with Gasteiger partial charge in [0, 0.05) is 10.9 Å². The van der Waals surface area contributed by atoms with Crippen molar-refractivity contribution in [2.75, 3.05) is 6.61 Å². The first-order chi connectivity index (χ1) is 12.1. The van der Waals surface area contributed by atoms with Crippen LogP contribution in [0.25, 0.3) is 16.9 Å². The van der Waals surface area contributed by atoms with Gasteiger partial charge in [0.25, 0.3) is 0 Å². The van der Waals surface area contributed by atoms with Gasteiger partial charge < -0.3 is 4.74 Å². The quantitative estimate of drug-likeness (QED) is 0.501. The lowest BCUT2D eigenvalue weighted by Crippen LogP contribution is -2.05. The van der Waals surface area contributed by atoms with Crippen molar-refractivity contribution >= 4 is 15.9 Å². The lowest BCUT2D eigenvalue weighted by molar-refractivity contribution is 0.271. The van der Waals surface area contributed by atoms with E-state index in [-0.39, 0.29) is 5.82 Å². The van der Waals surface area contributed by atoms with Gasteiger partial charge in [-0.25, -0.2) is 9.07 Å². The molecule has 1 heterocycles. The van der Waals surface area contributed by atoms with Crippen molar-refractivity contribution in [3.63, 3.8) is 0 Å². The van der Waals surface area contributed by atoms with Crippen molar-refractivity contribution in [2.45, 2.75) is 19.2 Å². The first-order valence-electron chi connectivity index (χ1n) is 8.21. The van der Waals surface area contributed by atoms with Crippen LogP contribution in [0.3, 0.4) is 0 Å². The molecule has 0 amide bonds. The van der Waals surface area contributed by atoms with E-state index in [1.54, 1.807) is 22.9 Å². The number of ether oxygens (including phenoxy) is 1. The van der Waals surface area contributed by atoms with E-state index in [9.17, 15) is 4.39 Å². The standard InChI is InChI=1S/C20H20BrFN2O/c1-14(2)13-25-17-7-5-6-15(10-17)20-11-16(12-21)23-24(20)19-9-4-3-8-18(19)22/h3-11,14H,12-13H2,1-2H3. The van der Waals surface area contributed by atoms with Crippen LogP contribution < -0.4 is 4.74 Å². The Labute approximate surface area is 155 Å². The van der Waals surface area contributed by atoms with E-state index in [0.717, 1.165) is 22.7 Å². The zero-order valence-corrected chi connectivity index (χ0v) is 15.8. The van der Waals surface area contributed by atoms with Crippen LogP contribution in [0.15, 0.2) is 54.6 Å². The molecule has 0 atom stereocenters. The highest BCUT2D eigenvalue weighted by atomic mass is 79.9. The van der Waals surface area contributed by atoms with Crippen LogP contribution in [-0.2, 0) is 5.33 Å². The van der Waals surface area contributed by atoms with E-state index < -0.39 is 0 Å². The van der Waals surface area contributed by atoms with Gasteiger partial charge in [-0.05, 0) is 36.2 Å². The molecule has 0 saturated heterocycles. The van der Waals surface area contributed by atoms with E-state index >= 15 is 0 Å². The molecule has 3 nitrogen and oxygen atoms in total. The van der Waals surface area contributed by atoms with Gasteiger partial charge in [-0.1, -0.05) is 54.0 Å². The van der Waals surface area contributed by atoms with E-state index in [1.165, 1.54) is 6.07 Å². The molecule has 25 heavy (non-hydrogen) atoms. The van der Waals surface area contributed by atoms with Gasteiger partial charge in [-0.15, -0.1) is 0 Å². The Hall–Kier alpha value is -2.14. The lowest BCUT2D eigenvalue weighted by atomic mass is 10.1. The highest BCUT2D eigenvalue weighted by Gasteiger charge is 2.14. The number of benzene rings is 2. The second-order valence-electron chi connectivity index (χ2n) is 6.25. The Balaban J connectivity index is 2.04. The Morgan fingerprint density at radius 3 is 2.64 bits per heavy atom. The van der Waals surface area contributed by atoms with Crippen molar-refractivity contribution in [3.05, 3.63) is 66.1 Å². The summed E-state index contributed by atoms with van der Waals surface area (Å²) in [6, 6.07) is 16.4. The van der Waals surface area contributed by atoms with E-state index in [0.29, 0.717) is 23.5 Å². The van der Waals surface area contributed by atoms with Gasteiger partial charge in [-0.2, -0.15) is 5.10 Å². The predicted octanol–water partition coefficient (Wildman–Crippen LogP) is 5.61. The van der Waals surface area contributed by atoms with Gasteiger partial charge in [0.15, 0.2) is 0 Å². The van der Waals surface area contributed by atoms with E-state index in [2.05, 4.69) is 34.9 Å². The van der Waals surface area contributed by atoms with E-state index in [4.69, 9.17) is 4.74 Å². The molecule has 0 saturated carbocycles. The van der Waals surface area contributed by atoms with Crippen molar-refractivity contribution in [3.8, 4) is 22.7 Å². The minimum absolute atomic E-state index is 0.305. The first-order valence-corrected chi connectivity index (χ1v) is 9.33. The Bertz CT molecular complexity index is 860. The molecule has 0 unspecified atom stereocenters. The van der Waals surface area contributed by atoms with Crippen molar-refractivity contribution < 1.29 is 9.13 Å². The van der Waals surface area contributed by atoms with Crippen LogP contribution in [0.5, 0.6) is 5.75 Å². The molecule has 5 heteroatoms. The summed E-state index contributed by atoms with van der Waals surface area (Å²) < 4.78 is 21.7. The molecule has 0 radical (unpaired) electrons. The molecule has 1 aromatic heterocycles. The number of alkyl halides is 1. The third-order valence-corrected chi connectivity index (χ3v) is 4.27. The Morgan fingerprint density at radius 1 is 1.12 bits per heavy atom. The number of hydrogen-bond donors (Lipinski definition) is 0. The number of aromatic nitrogens is 2. The highest BCUT2D eigenvalue weighted by Crippen LogP contribution is 2.28. The zero-order valence-electron chi connectivity index (χ0n) is 14.2. The summed E-state index contributed by atoms with van der Waals surface area (Å²) in [5, 5.41) is 5.13. The van der Waals surface area contributed by atoms with Crippen LogP contribution in [0.2, 0.25) is 0 Å². The van der Waals surface area contributed by atoms with E-state index in [1.807, 2.05) is 30.3 Å². The maximum atomic E-state index is 14.3. The smallest absolute Gasteiger partial charge is 0.148 e. The topological polar surface area (TPSA) is 27.1 Å². The SMILES string of the molecule is CC(C)COc1cccc(-c2cc(CBr)nn2-c2ccccc2F)c1. The highest BCUT2D eigenvalue weighted by molar-refractivity contribution is 9.08. The number of rotatable bonds is 6. The minimum atomic E-state index is -0.305. The summed E-state index contributed by atoms with van der Waals surface area (Å²) in [5.74, 6) is 0.945. The molecule has 0 aliphatic rings. The fourth-order valence-corrected chi connectivity index (χ4v) is 2.79. The summed E-state index contributed by atoms with van der Waals surface area (Å²) in [6.45, 7) is 4.88. The van der Waals surface area contributed by atoms with Crippen LogP contribution in [-0.4, -0.2) is 16.4 Å². The number of para-hydroxylation sites is 1. The van der Waals surface area contributed by atoms with Crippen LogP contribution in [0.4, 0.5) is 4.39 Å². The van der Waals surface area contributed by atoms with Gasteiger partial charge >= 0.3 is 0 Å². The molecule has 0 aliphatic carbocycles. The molecular formula is C20H20BrFN2O. The molecule has 0 N–H and O–H groups in total. The third-order valence-electron chi connectivity index (χ3n) is 3.69. The molecule has 0 aliphatic heterocycles. The van der Waals surface area contributed by atoms with Crippen LogP contribution in [0, 0.1) is 11.7 Å². The van der Waals surface area contributed by atoms with Gasteiger partial charge in [0.2, 0.25) is 0 Å². The van der Waals surface area contributed by atoms with Crippen molar-refractivity contribution in [1.82, 2.24) is 9.78 Å². The molecule has 0 fully saturated rings.